The number of benzene rings is 1. The lowest BCUT2D eigenvalue weighted by atomic mass is 10.1. The van der Waals surface area contributed by atoms with Crippen LogP contribution in [0, 0.1) is 0 Å². The quantitative estimate of drug-likeness (QED) is 0.714. The van der Waals surface area contributed by atoms with E-state index < -0.39 is 10.0 Å². The van der Waals surface area contributed by atoms with Crippen LogP contribution in [0.3, 0.4) is 0 Å². The second kappa shape index (κ2) is 3.38. The van der Waals surface area contributed by atoms with E-state index in [4.69, 9.17) is 0 Å². The lowest BCUT2D eigenvalue weighted by Crippen LogP contribution is -2.35. The molecular formula is C11H13NO2S. The minimum atomic E-state index is -3.22. The van der Waals surface area contributed by atoms with Crippen molar-refractivity contribution in [1.29, 1.82) is 0 Å². The molecule has 4 heteroatoms. The number of nitrogens with zero attached hydrogens (tertiary/aromatic N) is 1. The molecule has 0 aromatic heterocycles. The van der Waals surface area contributed by atoms with Crippen molar-refractivity contribution in [2.45, 2.75) is 12.5 Å². The number of hydrogen-bond donors (Lipinski definition) is 0. The fourth-order valence-corrected chi connectivity index (χ4v) is 3.18. The Morgan fingerprint density at radius 2 is 2.13 bits per heavy atom. The molecule has 2 rings (SSSR count). The largest absolute Gasteiger partial charge is 0.263 e. The molecule has 1 aromatic carbocycles. The van der Waals surface area contributed by atoms with Gasteiger partial charge in [0.05, 0.1) is 18.0 Å². The molecule has 1 aliphatic rings. The number of rotatable bonds is 2. The van der Waals surface area contributed by atoms with Crippen molar-refractivity contribution >= 4 is 15.7 Å². The minimum absolute atomic E-state index is 0.141. The third-order valence-electron chi connectivity index (χ3n) is 2.59. The first kappa shape index (κ1) is 10.2. The molecule has 0 fully saturated rings. The van der Waals surface area contributed by atoms with Gasteiger partial charge in [0.25, 0.3) is 0 Å². The smallest absolute Gasteiger partial charge is 0.232 e. The van der Waals surface area contributed by atoms with E-state index in [9.17, 15) is 8.42 Å². The highest BCUT2D eigenvalue weighted by molar-refractivity contribution is 7.92. The van der Waals surface area contributed by atoms with E-state index in [0.717, 1.165) is 11.3 Å². The summed E-state index contributed by atoms with van der Waals surface area (Å²) in [5, 5.41) is 0. The summed E-state index contributed by atoms with van der Waals surface area (Å²) < 4.78 is 24.7. The summed E-state index contributed by atoms with van der Waals surface area (Å²) in [7, 11) is -3.22. The summed E-state index contributed by atoms with van der Waals surface area (Å²) >= 11 is 0. The lowest BCUT2D eigenvalue weighted by molar-refractivity contribution is 0.594. The number of anilines is 1. The van der Waals surface area contributed by atoms with Gasteiger partial charge in [0.1, 0.15) is 0 Å². The zero-order valence-electron chi connectivity index (χ0n) is 8.55. The molecular weight excluding hydrogens is 210 g/mol. The summed E-state index contributed by atoms with van der Waals surface area (Å²) in [6, 6.07) is 7.42. The fraction of sp³-hybridized carbons (Fsp3) is 0.273. The Morgan fingerprint density at radius 3 is 2.73 bits per heavy atom. The number of hydrogen-bond acceptors (Lipinski definition) is 2. The molecule has 0 radical (unpaired) electrons. The van der Waals surface area contributed by atoms with Gasteiger partial charge in [-0.15, -0.1) is 6.58 Å². The molecule has 0 aliphatic carbocycles. The summed E-state index contributed by atoms with van der Waals surface area (Å²) in [6.07, 6.45) is 3.62. The molecule has 0 amide bonds. The van der Waals surface area contributed by atoms with Gasteiger partial charge < -0.3 is 0 Å². The minimum Gasteiger partial charge on any atom is -0.263 e. The summed E-state index contributed by atoms with van der Waals surface area (Å²) in [5.74, 6) is 0. The van der Waals surface area contributed by atoms with Crippen LogP contribution in [0.4, 0.5) is 5.69 Å². The van der Waals surface area contributed by atoms with E-state index in [1.807, 2.05) is 24.3 Å². The van der Waals surface area contributed by atoms with Crippen LogP contribution in [0.15, 0.2) is 36.9 Å². The van der Waals surface area contributed by atoms with Crippen LogP contribution in [0.25, 0.3) is 0 Å². The highest BCUT2D eigenvalue weighted by atomic mass is 32.2. The van der Waals surface area contributed by atoms with Gasteiger partial charge in [0, 0.05) is 0 Å². The Kier molecular flexibility index (Phi) is 2.31. The Bertz CT molecular complexity index is 493. The van der Waals surface area contributed by atoms with E-state index in [1.54, 1.807) is 6.08 Å². The zero-order valence-corrected chi connectivity index (χ0v) is 9.37. The first-order valence-corrected chi connectivity index (χ1v) is 6.59. The summed E-state index contributed by atoms with van der Waals surface area (Å²) in [5.41, 5.74) is 1.85. The van der Waals surface area contributed by atoms with Crippen LogP contribution in [-0.2, 0) is 16.4 Å². The molecule has 80 valence electrons. The van der Waals surface area contributed by atoms with E-state index in [0.29, 0.717) is 6.42 Å². The highest BCUT2D eigenvalue weighted by Gasteiger charge is 2.32. The Morgan fingerprint density at radius 1 is 1.47 bits per heavy atom. The van der Waals surface area contributed by atoms with Crippen LogP contribution in [0.1, 0.15) is 5.56 Å². The molecule has 0 spiro atoms. The van der Waals surface area contributed by atoms with Gasteiger partial charge in [-0.1, -0.05) is 24.3 Å². The van der Waals surface area contributed by atoms with Gasteiger partial charge >= 0.3 is 0 Å². The molecule has 0 saturated heterocycles. The van der Waals surface area contributed by atoms with Crippen LogP contribution in [-0.4, -0.2) is 20.7 Å². The standard InChI is InChI=1S/C11H13NO2S/c1-3-10-8-9-6-4-5-7-11(9)12(10)15(2,13)14/h3-7,10H,1,8H2,2H3. The van der Waals surface area contributed by atoms with Crippen molar-refractivity contribution in [2.24, 2.45) is 0 Å². The summed E-state index contributed by atoms with van der Waals surface area (Å²) in [4.78, 5) is 0. The number of fused-ring (bicyclic) bond motifs is 1. The van der Waals surface area contributed by atoms with E-state index in [2.05, 4.69) is 6.58 Å². The second-order valence-electron chi connectivity index (χ2n) is 3.69. The SMILES string of the molecule is C=CC1Cc2ccccc2N1S(C)(=O)=O. The van der Waals surface area contributed by atoms with Crippen molar-refractivity contribution in [3.05, 3.63) is 42.5 Å². The molecule has 1 heterocycles. The van der Waals surface area contributed by atoms with Crippen molar-refractivity contribution in [3.8, 4) is 0 Å². The monoisotopic (exact) mass is 223 g/mol. The third-order valence-corrected chi connectivity index (χ3v) is 3.77. The second-order valence-corrected chi connectivity index (χ2v) is 5.55. The Labute approximate surface area is 90.1 Å². The Hall–Kier alpha value is -1.29. The molecule has 1 aromatic rings. The number of sulfonamides is 1. The average Bonchev–Trinajstić information content (AvgIpc) is 2.54. The van der Waals surface area contributed by atoms with Crippen molar-refractivity contribution < 1.29 is 8.42 Å². The molecule has 0 N–H and O–H groups in total. The molecule has 1 aliphatic heterocycles. The molecule has 1 unspecified atom stereocenters. The zero-order chi connectivity index (χ0) is 11.1. The first-order chi connectivity index (χ1) is 7.04. The van der Waals surface area contributed by atoms with E-state index in [-0.39, 0.29) is 6.04 Å². The van der Waals surface area contributed by atoms with Crippen LogP contribution in [0.2, 0.25) is 0 Å². The van der Waals surface area contributed by atoms with Crippen LogP contribution in [0.5, 0.6) is 0 Å². The predicted molar refractivity (Wildman–Crippen MR) is 61.5 cm³/mol. The topological polar surface area (TPSA) is 37.4 Å². The van der Waals surface area contributed by atoms with Crippen LogP contribution >= 0.6 is 0 Å². The average molecular weight is 223 g/mol. The van der Waals surface area contributed by atoms with Crippen LogP contribution < -0.4 is 4.31 Å². The fourth-order valence-electron chi connectivity index (χ4n) is 1.99. The molecule has 3 nitrogen and oxygen atoms in total. The summed E-state index contributed by atoms with van der Waals surface area (Å²) in [6.45, 7) is 3.68. The molecule has 0 bridgehead atoms. The first-order valence-electron chi connectivity index (χ1n) is 4.74. The predicted octanol–water partition coefficient (Wildman–Crippen LogP) is 1.56. The van der Waals surface area contributed by atoms with Gasteiger partial charge in [-0.05, 0) is 18.1 Å². The van der Waals surface area contributed by atoms with Gasteiger partial charge in [-0.25, -0.2) is 8.42 Å². The van der Waals surface area contributed by atoms with Gasteiger partial charge in [-0.2, -0.15) is 0 Å². The Balaban J connectivity index is 2.57. The molecule has 0 saturated carbocycles. The third kappa shape index (κ3) is 1.65. The number of para-hydroxylation sites is 1. The maximum atomic E-state index is 11.6. The van der Waals surface area contributed by atoms with Crippen molar-refractivity contribution in [2.75, 3.05) is 10.6 Å². The maximum absolute atomic E-state index is 11.6. The van der Waals surface area contributed by atoms with Gasteiger partial charge in [-0.3, -0.25) is 4.31 Å². The lowest BCUT2D eigenvalue weighted by Gasteiger charge is -2.22. The van der Waals surface area contributed by atoms with E-state index in [1.165, 1.54) is 10.6 Å². The highest BCUT2D eigenvalue weighted by Crippen LogP contribution is 2.34. The molecule has 15 heavy (non-hydrogen) atoms. The normalized spacial score (nSPS) is 20.1. The maximum Gasteiger partial charge on any atom is 0.232 e. The van der Waals surface area contributed by atoms with Gasteiger partial charge in [0.2, 0.25) is 10.0 Å². The van der Waals surface area contributed by atoms with E-state index >= 15 is 0 Å². The van der Waals surface area contributed by atoms with Crippen molar-refractivity contribution in [3.63, 3.8) is 0 Å². The van der Waals surface area contributed by atoms with Crippen molar-refractivity contribution in [1.82, 2.24) is 0 Å². The van der Waals surface area contributed by atoms with Gasteiger partial charge in [0.15, 0.2) is 0 Å². The molecule has 1 atom stereocenters.